The quantitative estimate of drug-likeness (QED) is 0.702. The van der Waals surface area contributed by atoms with Gasteiger partial charge < -0.3 is 4.42 Å². The second kappa shape index (κ2) is 4.65. The van der Waals surface area contributed by atoms with Crippen LogP contribution in [0, 0.1) is 12.8 Å². The number of furan rings is 1. The third-order valence-corrected chi connectivity index (χ3v) is 3.27. The van der Waals surface area contributed by atoms with Crippen molar-refractivity contribution in [1.82, 2.24) is 0 Å². The molecule has 2 heteroatoms. The minimum absolute atomic E-state index is 0.162. The molecule has 2 nitrogen and oxygen atoms in total. The van der Waals surface area contributed by atoms with Gasteiger partial charge in [-0.1, -0.05) is 25.7 Å². The number of aryl methyl sites for hydroxylation is 1. The highest BCUT2D eigenvalue weighted by Crippen LogP contribution is 2.29. The predicted molar refractivity (Wildman–Crippen MR) is 59.0 cm³/mol. The van der Waals surface area contributed by atoms with Crippen molar-refractivity contribution < 1.29 is 9.21 Å². The summed E-state index contributed by atoms with van der Waals surface area (Å²) in [5.41, 5.74) is 0. The summed E-state index contributed by atoms with van der Waals surface area (Å²) < 4.78 is 5.31. The van der Waals surface area contributed by atoms with Gasteiger partial charge in [-0.15, -0.1) is 0 Å². The third kappa shape index (κ3) is 2.71. The molecule has 82 valence electrons. The van der Waals surface area contributed by atoms with Gasteiger partial charge in [0.2, 0.25) is 0 Å². The van der Waals surface area contributed by atoms with E-state index in [1.165, 1.54) is 25.7 Å². The van der Waals surface area contributed by atoms with E-state index in [0.29, 0.717) is 12.2 Å². The largest absolute Gasteiger partial charge is 0.458 e. The molecule has 1 aromatic heterocycles. The van der Waals surface area contributed by atoms with E-state index in [-0.39, 0.29) is 5.78 Å². The smallest absolute Gasteiger partial charge is 0.198 e. The summed E-state index contributed by atoms with van der Waals surface area (Å²) in [5, 5.41) is 0. The lowest BCUT2D eigenvalue weighted by molar-refractivity contribution is 0.0945. The third-order valence-electron chi connectivity index (χ3n) is 3.27. The highest BCUT2D eigenvalue weighted by atomic mass is 16.3. The molecule has 0 saturated heterocycles. The van der Waals surface area contributed by atoms with Crippen molar-refractivity contribution in [3.8, 4) is 0 Å². The second-order valence-electron chi connectivity index (χ2n) is 4.52. The number of rotatable bonds is 4. The van der Waals surface area contributed by atoms with E-state index < -0.39 is 0 Å². The molecule has 1 saturated carbocycles. The van der Waals surface area contributed by atoms with Crippen LogP contribution in [0.25, 0.3) is 0 Å². The van der Waals surface area contributed by atoms with E-state index in [1.54, 1.807) is 6.07 Å². The Morgan fingerprint density at radius 1 is 1.40 bits per heavy atom. The summed E-state index contributed by atoms with van der Waals surface area (Å²) in [6.07, 6.45) is 7.00. The van der Waals surface area contributed by atoms with E-state index in [9.17, 15) is 4.79 Å². The molecule has 0 bridgehead atoms. The van der Waals surface area contributed by atoms with Crippen molar-refractivity contribution in [1.29, 1.82) is 0 Å². The SMILES string of the molecule is Cc1ccc(C(=O)CCC2CCCC2)o1. The van der Waals surface area contributed by atoms with Crippen LogP contribution in [0.2, 0.25) is 0 Å². The van der Waals surface area contributed by atoms with E-state index in [4.69, 9.17) is 4.42 Å². The van der Waals surface area contributed by atoms with Gasteiger partial charge in [-0.05, 0) is 31.4 Å². The average Bonchev–Trinajstić information content (AvgIpc) is 2.84. The molecule has 1 heterocycles. The number of Topliss-reactive ketones (excluding diaryl/α,β-unsaturated/α-hetero) is 1. The molecular weight excluding hydrogens is 188 g/mol. The summed E-state index contributed by atoms with van der Waals surface area (Å²) >= 11 is 0. The number of hydrogen-bond acceptors (Lipinski definition) is 2. The van der Waals surface area contributed by atoms with Gasteiger partial charge in [0.15, 0.2) is 11.5 Å². The number of carbonyl (C=O) groups excluding carboxylic acids is 1. The molecule has 0 N–H and O–H groups in total. The first-order valence-corrected chi connectivity index (χ1v) is 5.85. The molecule has 15 heavy (non-hydrogen) atoms. The zero-order valence-electron chi connectivity index (χ0n) is 9.29. The molecule has 0 spiro atoms. The fourth-order valence-electron chi connectivity index (χ4n) is 2.34. The highest BCUT2D eigenvalue weighted by molar-refractivity contribution is 5.93. The lowest BCUT2D eigenvalue weighted by Gasteiger charge is -2.06. The zero-order valence-corrected chi connectivity index (χ0v) is 9.29. The van der Waals surface area contributed by atoms with Gasteiger partial charge in [-0.25, -0.2) is 0 Å². The van der Waals surface area contributed by atoms with Gasteiger partial charge in [0.1, 0.15) is 5.76 Å². The molecule has 0 radical (unpaired) electrons. The van der Waals surface area contributed by atoms with Gasteiger partial charge in [0, 0.05) is 6.42 Å². The van der Waals surface area contributed by atoms with Gasteiger partial charge in [0.25, 0.3) is 0 Å². The van der Waals surface area contributed by atoms with Crippen LogP contribution in [0.5, 0.6) is 0 Å². The molecule has 0 atom stereocenters. The Bertz CT molecular complexity index is 332. The number of carbonyl (C=O) groups is 1. The van der Waals surface area contributed by atoms with Gasteiger partial charge in [0.05, 0.1) is 0 Å². The Morgan fingerprint density at radius 3 is 2.73 bits per heavy atom. The van der Waals surface area contributed by atoms with Crippen LogP contribution < -0.4 is 0 Å². The molecule has 0 aromatic carbocycles. The molecule has 1 aromatic rings. The maximum absolute atomic E-state index is 11.7. The molecule has 0 amide bonds. The van der Waals surface area contributed by atoms with Crippen LogP contribution in [0.1, 0.15) is 54.8 Å². The summed E-state index contributed by atoms with van der Waals surface area (Å²) in [4.78, 5) is 11.7. The fourth-order valence-corrected chi connectivity index (χ4v) is 2.34. The minimum Gasteiger partial charge on any atom is -0.458 e. The summed E-state index contributed by atoms with van der Waals surface area (Å²) in [6, 6.07) is 3.63. The number of hydrogen-bond donors (Lipinski definition) is 0. The van der Waals surface area contributed by atoms with Crippen LogP contribution in [-0.4, -0.2) is 5.78 Å². The highest BCUT2D eigenvalue weighted by Gasteiger charge is 2.17. The maximum atomic E-state index is 11.7. The van der Waals surface area contributed by atoms with E-state index >= 15 is 0 Å². The van der Waals surface area contributed by atoms with Crippen LogP contribution in [0.15, 0.2) is 16.5 Å². The Labute approximate surface area is 90.7 Å². The van der Waals surface area contributed by atoms with Gasteiger partial charge >= 0.3 is 0 Å². The lowest BCUT2D eigenvalue weighted by atomic mass is 10.00. The normalized spacial score (nSPS) is 17.1. The number of ketones is 1. The first-order valence-electron chi connectivity index (χ1n) is 5.85. The van der Waals surface area contributed by atoms with Crippen molar-refractivity contribution in [3.05, 3.63) is 23.7 Å². The monoisotopic (exact) mass is 206 g/mol. The Morgan fingerprint density at radius 2 is 2.13 bits per heavy atom. The average molecular weight is 206 g/mol. The predicted octanol–water partition coefficient (Wildman–Crippen LogP) is 3.74. The topological polar surface area (TPSA) is 30.2 Å². The second-order valence-corrected chi connectivity index (χ2v) is 4.52. The maximum Gasteiger partial charge on any atom is 0.198 e. The zero-order chi connectivity index (χ0) is 10.7. The molecule has 0 aliphatic heterocycles. The first kappa shape index (κ1) is 10.5. The van der Waals surface area contributed by atoms with Crippen LogP contribution in [-0.2, 0) is 0 Å². The van der Waals surface area contributed by atoms with Gasteiger partial charge in [-0.2, -0.15) is 0 Å². The van der Waals surface area contributed by atoms with Crippen LogP contribution in [0.4, 0.5) is 0 Å². The Balaban J connectivity index is 1.81. The van der Waals surface area contributed by atoms with E-state index in [0.717, 1.165) is 18.1 Å². The van der Waals surface area contributed by atoms with Crippen molar-refractivity contribution in [2.45, 2.75) is 45.4 Å². The van der Waals surface area contributed by atoms with Crippen molar-refractivity contribution in [2.75, 3.05) is 0 Å². The Kier molecular flexibility index (Phi) is 3.24. The Hall–Kier alpha value is -1.05. The molecular formula is C13H18O2. The minimum atomic E-state index is 0.162. The van der Waals surface area contributed by atoms with Crippen molar-refractivity contribution in [2.24, 2.45) is 5.92 Å². The van der Waals surface area contributed by atoms with Gasteiger partial charge in [-0.3, -0.25) is 4.79 Å². The van der Waals surface area contributed by atoms with Crippen molar-refractivity contribution in [3.63, 3.8) is 0 Å². The fraction of sp³-hybridized carbons (Fsp3) is 0.615. The lowest BCUT2D eigenvalue weighted by Crippen LogP contribution is -2.01. The first-order chi connectivity index (χ1) is 7.25. The molecule has 1 fully saturated rings. The van der Waals surface area contributed by atoms with E-state index in [1.807, 2.05) is 13.0 Å². The van der Waals surface area contributed by atoms with Crippen molar-refractivity contribution >= 4 is 5.78 Å². The van der Waals surface area contributed by atoms with E-state index in [2.05, 4.69) is 0 Å². The summed E-state index contributed by atoms with van der Waals surface area (Å²) in [5.74, 6) is 2.30. The molecule has 2 rings (SSSR count). The molecule has 1 aliphatic carbocycles. The molecule has 0 unspecified atom stereocenters. The van der Waals surface area contributed by atoms with Crippen LogP contribution in [0.3, 0.4) is 0 Å². The molecule has 1 aliphatic rings. The standard InChI is InChI=1S/C13H18O2/c1-10-6-9-13(15-10)12(14)8-7-11-4-2-3-5-11/h6,9,11H,2-5,7-8H2,1H3. The summed E-state index contributed by atoms with van der Waals surface area (Å²) in [6.45, 7) is 1.87. The van der Waals surface area contributed by atoms with Crippen LogP contribution >= 0.6 is 0 Å². The summed E-state index contributed by atoms with van der Waals surface area (Å²) in [7, 11) is 0.